The Bertz CT molecular complexity index is 894. The molecule has 0 amide bonds. The van der Waals surface area contributed by atoms with Crippen LogP contribution in [-0.4, -0.2) is 37.3 Å². The fourth-order valence-electron chi connectivity index (χ4n) is 2.95. The quantitative estimate of drug-likeness (QED) is 0.383. The van der Waals surface area contributed by atoms with Crippen LogP contribution in [0.4, 0.5) is 11.8 Å². The standard InChI is InChI=1S/C21H30N6O.2C2H6/c1-5-15(4)17(28)12-23-21-25-19(22-11-16-9-7-6-8-10-16)18-20(26-21)27(13-24-18)14(2)3;2*1-2/h6-10,13-15,17,28H,5,11-12H2,1-4H3,(H2,22,23,25,26);2*1-2H3. The van der Waals surface area contributed by atoms with Crippen molar-refractivity contribution in [1.29, 1.82) is 0 Å². The van der Waals surface area contributed by atoms with Crippen molar-refractivity contribution < 1.29 is 5.11 Å². The Morgan fingerprint density at radius 1 is 0.969 bits per heavy atom. The first-order valence-corrected chi connectivity index (χ1v) is 11.9. The minimum absolute atomic E-state index is 0.216. The lowest BCUT2D eigenvalue weighted by Crippen LogP contribution is -2.27. The number of fused-ring (bicyclic) bond motifs is 1. The first-order valence-electron chi connectivity index (χ1n) is 11.9. The molecule has 2 atom stereocenters. The highest BCUT2D eigenvalue weighted by Gasteiger charge is 2.17. The summed E-state index contributed by atoms with van der Waals surface area (Å²) in [6.07, 6.45) is 2.28. The van der Waals surface area contributed by atoms with Gasteiger partial charge in [0.1, 0.15) is 0 Å². The summed E-state index contributed by atoms with van der Waals surface area (Å²) in [5, 5.41) is 16.8. The van der Waals surface area contributed by atoms with Crippen molar-refractivity contribution in [3.8, 4) is 0 Å². The highest BCUT2D eigenvalue weighted by molar-refractivity contribution is 5.84. The summed E-state index contributed by atoms with van der Waals surface area (Å²) in [7, 11) is 0. The summed E-state index contributed by atoms with van der Waals surface area (Å²) < 4.78 is 2.03. The van der Waals surface area contributed by atoms with Gasteiger partial charge in [-0.05, 0) is 25.3 Å². The maximum Gasteiger partial charge on any atom is 0.226 e. The van der Waals surface area contributed by atoms with Crippen LogP contribution < -0.4 is 10.6 Å². The number of hydrogen-bond acceptors (Lipinski definition) is 6. The molecule has 2 unspecified atom stereocenters. The Hall–Kier alpha value is -2.67. The SMILES string of the molecule is CC.CC.CCC(C)C(O)CNc1nc(NCc2ccccc2)c2ncn(C(C)C)c2n1. The van der Waals surface area contributed by atoms with Gasteiger partial charge in [-0.25, -0.2) is 4.98 Å². The van der Waals surface area contributed by atoms with Gasteiger partial charge in [0.2, 0.25) is 5.95 Å². The normalized spacial score (nSPS) is 12.3. The fraction of sp³-hybridized carbons (Fsp3) is 0.560. The zero-order valence-corrected chi connectivity index (χ0v) is 21.1. The second-order valence-electron chi connectivity index (χ2n) is 7.49. The predicted molar refractivity (Wildman–Crippen MR) is 136 cm³/mol. The summed E-state index contributed by atoms with van der Waals surface area (Å²) >= 11 is 0. The number of nitrogens with one attached hydrogen (secondary N) is 2. The van der Waals surface area contributed by atoms with Crippen LogP contribution in [0, 0.1) is 5.92 Å². The Balaban J connectivity index is 0.00000121. The number of hydrogen-bond donors (Lipinski definition) is 3. The van der Waals surface area contributed by atoms with E-state index >= 15 is 0 Å². The van der Waals surface area contributed by atoms with E-state index in [-0.39, 0.29) is 12.0 Å². The molecule has 0 fully saturated rings. The third kappa shape index (κ3) is 7.48. The van der Waals surface area contributed by atoms with E-state index in [0.717, 1.165) is 17.6 Å². The Kier molecular flexibility index (Phi) is 12.3. The molecule has 7 heteroatoms. The number of aliphatic hydroxyl groups is 1. The molecule has 0 radical (unpaired) electrons. The molecule has 178 valence electrons. The van der Waals surface area contributed by atoms with E-state index in [1.165, 1.54) is 5.56 Å². The first kappa shape index (κ1) is 27.4. The molecular weight excluding hydrogens is 400 g/mol. The summed E-state index contributed by atoms with van der Waals surface area (Å²) in [6.45, 7) is 17.4. The number of benzene rings is 1. The molecule has 0 aliphatic rings. The van der Waals surface area contributed by atoms with Crippen molar-refractivity contribution in [1.82, 2.24) is 19.5 Å². The van der Waals surface area contributed by atoms with Gasteiger partial charge in [0.15, 0.2) is 17.0 Å². The van der Waals surface area contributed by atoms with Crippen molar-refractivity contribution >= 4 is 22.9 Å². The van der Waals surface area contributed by atoms with E-state index in [0.29, 0.717) is 24.9 Å². The third-order valence-electron chi connectivity index (χ3n) is 5.05. The van der Waals surface area contributed by atoms with Crippen molar-refractivity contribution in [2.75, 3.05) is 17.2 Å². The van der Waals surface area contributed by atoms with Crippen LogP contribution in [0.5, 0.6) is 0 Å². The number of anilines is 2. The molecule has 0 aliphatic heterocycles. The van der Waals surface area contributed by atoms with Crippen LogP contribution >= 0.6 is 0 Å². The van der Waals surface area contributed by atoms with E-state index in [4.69, 9.17) is 0 Å². The summed E-state index contributed by atoms with van der Waals surface area (Å²) in [5.41, 5.74) is 2.69. The van der Waals surface area contributed by atoms with Crippen molar-refractivity contribution in [3.05, 3.63) is 42.2 Å². The lowest BCUT2D eigenvalue weighted by Gasteiger charge is -2.18. The van der Waals surface area contributed by atoms with Crippen molar-refractivity contribution in [3.63, 3.8) is 0 Å². The smallest absolute Gasteiger partial charge is 0.226 e. The minimum Gasteiger partial charge on any atom is -0.391 e. The van der Waals surface area contributed by atoms with Gasteiger partial charge in [-0.2, -0.15) is 9.97 Å². The van der Waals surface area contributed by atoms with Gasteiger partial charge in [-0.3, -0.25) is 0 Å². The number of aromatic nitrogens is 4. The average Bonchev–Trinajstić information content (AvgIpc) is 3.28. The van der Waals surface area contributed by atoms with Gasteiger partial charge in [0.05, 0.1) is 12.4 Å². The third-order valence-corrected chi connectivity index (χ3v) is 5.05. The maximum absolute atomic E-state index is 10.3. The van der Waals surface area contributed by atoms with Gasteiger partial charge >= 0.3 is 0 Å². The van der Waals surface area contributed by atoms with E-state index in [2.05, 4.69) is 58.5 Å². The molecule has 2 aromatic heterocycles. The van der Waals surface area contributed by atoms with Gasteiger partial charge in [0.25, 0.3) is 0 Å². The highest BCUT2D eigenvalue weighted by Crippen LogP contribution is 2.24. The molecule has 2 heterocycles. The zero-order chi connectivity index (χ0) is 24.1. The van der Waals surface area contributed by atoms with Crippen LogP contribution in [0.3, 0.4) is 0 Å². The predicted octanol–water partition coefficient (Wildman–Crippen LogP) is 5.89. The van der Waals surface area contributed by atoms with Crippen LogP contribution in [0.15, 0.2) is 36.7 Å². The number of imidazole rings is 1. The summed E-state index contributed by atoms with van der Waals surface area (Å²) in [6, 6.07) is 10.4. The monoisotopic (exact) mass is 442 g/mol. The van der Waals surface area contributed by atoms with Crippen LogP contribution in [0.1, 0.15) is 73.4 Å². The van der Waals surface area contributed by atoms with Gasteiger partial charge in [-0.15, -0.1) is 0 Å². The van der Waals surface area contributed by atoms with Gasteiger partial charge in [-0.1, -0.05) is 78.3 Å². The lowest BCUT2D eigenvalue weighted by atomic mass is 10.0. The average molecular weight is 443 g/mol. The van der Waals surface area contributed by atoms with E-state index in [1.807, 2.05) is 57.4 Å². The van der Waals surface area contributed by atoms with E-state index < -0.39 is 6.10 Å². The van der Waals surface area contributed by atoms with E-state index in [9.17, 15) is 5.11 Å². The molecule has 0 saturated carbocycles. The molecule has 3 N–H and O–H groups in total. The minimum atomic E-state index is -0.444. The molecule has 3 aromatic rings. The zero-order valence-electron chi connectivity index (χ0n) is 21.1. The molecule has 32 heavy (non-hydrogen) atoms. The molecular formula is C25H42N6O. The Labute approximate surface area is 193 Å². The van der Waals surface area contributed by atoms with Crippen molar-refractivity contribution in [2.45, 2.75) is 80.5 Å². The Morgan fingerprint density at radius 2 is 1.62 bits per heavy atom. The molecule has 7 nitrogen and oxygen atoms in total. The van der Waals surface area contributed by atoms with Crippen LogP contribution in [0.25, 0.3) is 11.2 Å². The topological polar surface area (TPSA) is 87.9 Å². The summed E-state index contributed by atoms with van der Waals surface area (Å²) in [4.78, 5) is 13.8. The highest BCUT2D eigenvalue weighted by atomic mass is 16.3. The van der Waals surface area contributed by atoms with Crippen LogP contribution in [0.2, 0.25) is 0 Å². The molecule has 1 aromatic carbocycles. The second kappa shape index (κ2) is 14.4. The molecule has 0 aliphatic carbocycles. The maximum atomic E-state index is 10.3. The lowest BCUT2D eigenvalue weighted by molar-refractivity contribution is 0.126. The second-order valence-corrected chi connectivity index (χ2v) is 7.49. The summed E-state index contributed by atoms with van der Waals surface area (Å²) in [5.74, 6) is 1.40. The fourth-order valence-corrected chi connectivity index (χ4v) is 2.95. The van der Waals surface area contributed by atoms with Gasteiger partial charge in [0, 0.05) is 19.1 Å². The number of rotatable bonds is 9. The first-order chi connectivity index (χ1) is 15.5. The molecule has 0 bridgehead atoms. The molecule has 0 spiro atoms. The Morgan fingerprint density at radius 3 is 2.22 bits per heavy atom. The number of nitrogens with zero attached hydrogens (tertiary/aromatic N) is 4. The largest absolute Gasteiger partial charge is 0.391 e. The van der Waals surface area contributed by atoms with Crippen LogP contribution in [-0.2, 0) is 6.54 Å². The molecule has 0 saturated heterocycles. The van der Waals surface area contributed by atoms with Crippen molar-refractivity contribution in [2.24, 2.45) is 5.92 Å². The molecule has 3 rings (SSSR count). The number of aliphatic hydroxyl groups excluding tert-OH is 1. The van der Waals surface area contributed by atoms with E-state index in [1.54, 1.807) is 6.33 Å². The van der Waals surface area contributed by atoms with Gasteiger partial charge < -0.3 is 20.3 Å².